The molecule has 0 aromatic heterocycles. The van der Waals surface area contributed by atoms with Crippen LogP contribution in [0.5, 0.6) is 0 Å². The maximum atomic E-state index is 8.56. The summed E-state index contributed by atoms with van der Waals surface area (Å²) in [5.74, 6) is 0. The maximum Gasteiger partial charge on any atom is 0.0536 e. The fourth-order valence-corrected chi connectivity index (χ4v) is 0.494. The summed E-state index contributed by atoms with van der Waals surface area (Å²) in [5.41, 5.74) is 0. The van der Waals surface area contributed by atoms with Gasteiger partial charge < -0.3 is 16.6 Å². The predicted octanol–water partition coefficient (Wildman–Crippen LogP) is 1.37. The van der Waals surface area contributed by atoms with E-state index in [1.165, 1.54) is 0 Å². The van der Waals surface area contributed by atoms with Crippen LogP contribution in [0.2, 0.25) is 0 Å². The molecule has 2 nitrogen and oxygen atoms in total. The molecule has 2 N–H and O–H groups in total. The normalized spacial score (nSPS) is 13.6. The van der Waals surface area contributed by atoms with Crippen molar-refractivity contribution in [2.45, 2.75) is 46.3 Å². The van der Waals surface area contributed by atoms with Gasteiger partial charge in [-0.05, 0) is 20.3 Å². The molecular formula is C8H19NiO2-. The third-order valence-electron chi connectivity index (χ3n) is 0.682. The van der Waals surface area contributed by atoms with E-state index in [0.29, 0.717) is 6.42 Å². The van der Waals surface area contributed by atoms with Crippen molar-refractivity contribution >= 4 is 0 Å². The number of aliphatic hydroxyl groups is 2. The second kappa shape index (κ2) is 13.0. The van der Waals surface area contributed by atoms with Crippen LogP contribution in [0.4, 0.5) is 0 Å². The van der Waals surface area contributed by atoms with E-state index >= 15 is 0 Å². The van der Waals surface area contributed by atoms with Crippen molar-refractivity contribution < 1.29 is 26.7 Å². The molecule has 0 radical (unpaired) electrons. The minimum Gasteiger partial charge on any atom is -0.393 e. The molecular weight excluding hydrogens is 187 g/mol. The van der Waals surface area contributed by atoms with E-state index in [-0.39, 0.29) is 28.7 Å². The molecule has 0 heterocycles. The van der Waals surface area contributed by atoms with Gasteiger partial charge in [-0.15, -0.1) is 0 Å². The standard InChI is InChI=1S/C5H12O2.C3H7.Ni/c1-4(6)3-5(2)7;1-3-2;/h4-7H,3H2,1-2H3;3H,1-2H3;/q;-1;. The van der Waals surface area contributed by atoms with Gasteiger partial charge in [0.1, 0.15) is 0 Å². The van der Waals surface area contributed by atoms with Crippen LogP contribution in [-0.4, -0.2) is 22.4 Å². The van der Waals surface area contributed by atoms with Gasteiger partial charge in [0.15, 0.2) is 0 Å². The molecule has 0 aliphatic carbocycles. The number of aliphatic hydroxyl groups excluding tert-OH is 2. The molecule has 0 amide bonds. The summed E-state index contributed by atoms with van der Waals surface area (Å²) in [6.07, 6.45) is 1.72. The molecule has 11 heavy (non-hydrogen) atoms. The van der Waals surface area contributed by atoms with Gasteiger partial charge in [0, 0.05) is 16.5 Å². The fourth-order valence-electron chi connectivity index (χ4n) is 0.494. The zero-order valence-corrected chi connectivity index (χ0v) is 8.64. The summed E-state index contributed by atoms with van der Waals surface area (Å²) in [7, 11) is 0. The largest absolute Gasteiger partial charge is 0.393 e. The van der Waals surface area contributed by atoms with Crippen molar-refractivity contribution in [3.8, 4) is 0 Å². The van der Waals surface area contributed by atoms with Gasteiger partial charge >= 0.3 is 0 Å². The summed E-state index contributed by atoms with van der Waals surface area (Å²) in [6, 6.07) is 0. The Morgan fingerprint density at radius 2 is 1.27 bits per heavy atom. The van der Waals surface area contributed by atoms with Crippen molar-refractivity contribution in [1.82, 2.24) is 0 Å². The van der Waals surface area contributed by atoms with Crippen LogP contribution in [0.15, 0.2) is 0 Å². The molecule has 0 saturated heterocycles. The Morgan fingerprint density at radius 3 is 1.27 bits per heavy atom. The van der Waals surface area contributed by atoms with E-state index < -0.39 is 0 Å². The summed E-state index contributed by atoms with van der Waals surface area (Å²) >= 11 is 0. The minimum atomic E-state index is -0.375. The van der Waals surface area contributed by atoms with Crippen molar-refractivity contribution in [2.24, 2.45) is 0 Å². The SMILES string of the molecule is CC(O)CC(C)O.C[CH-]C.[Ni]. The van der Waals surface area contributed by atoms with Crippen molar-refractivity contribution in [3.63, 3.8) is 0 Å². The molecule has 74 valence electrons. The second-order valence-electron chi connectivity index (χ2n) is 2.51. The predicted molar refractivity (Wildman–Crippen MR) is 43.6 cm³/mol. The van der Waals surface area contributed by atoms with Crippen LogP contribution < -0.4 is 0 Å². The molecule has 0 rings (SSSR count). The zero-order valence-electron chi connectivity index (χ0n) is 7.65. The van der Waals surface area contributed by atoms with Crippen LogP contribution in [0.1, 0.15) is 34.1 Å². The van der Waals surface area contributed by atoms with Gasteiger partial charge in [-0.3, -0.25) is 0 Å². The molecule has 3 heteroatoms. The summed E-state index contributed by atoms with van der Waals surface area (Å²) < 4.78 is 0. The quantitative estimate of drug-likeness (QED) is 0.528. The zero-order chi connectivity index (χ0) is 8.57. The van der Waals surface area contributed by atoms with E-state index in [4.69, 9.17) is 10.2 Å². The third-order valence-corrected chi connectivity index (χ3v) is 0.682. The van der Waals surface area contributed by atoms with Gasteiger partial charge in [-0.25, -0.2) is 0 Å². The van der Waals surface area contributed by atoms with Crippen LogP contribution >= 0.6 is 0 Å². The monoisotopic (exact) mass is 205 g/mol. The Labute approximate surface area is 79.9 Å². The Balaban J connectivity index is -0.000000140. The third kappa shape index (κ3) is 37.8. The van der Waals surface area contributed by atoms with E-state index in [2.05, 4.69) is 0 Å². The Hall–Kier alpha value is 0.414. The Morgan fingerprint density at radius 1 is 1.09 bits per heavy atom. The van der Waals surface area contributed by atoms with Crippen molar-refractivity contribution in [3.05, 3.63) is 6.42 Å². The van der Waals surface area contributed by atoms with Crippen LogP contribution in [0.3, 0.4) is 0 Å². The van der Waals surface area contributed by atoms with E-state index in [1.54, 1.807) is 13.8 Å². The minimum absolute atomic E-state index is 0. The molecule has 0 spiro atoms. The first-order chi connectivity index (χ1) is 4.54. The van der Waals surface area contributed by atoms with Crippen LogP contribution in [0.25, 0.3) is 0 Å². The molecule has 0 fully saturated rings. The van der Waals surface area contributed by atoms with Crippen molar-refractivity contribution in [2.75, 3.05) is 0 Å². The summed E-state index contributed by atoms with van der Waals surface area (Å²) in [6.45, 7) is 7.32. The van der Waals surface area contributed by atoms with Crippen LogP contribution in [0, 0.1) is 6.42 Å². The molecule has 2 unspecified atom stereocenters. The number of hydrogen-bond acceptors (Lipinski definition) is 2. The first-order valence-electron chi connectivity index (χ1n) is 3.64. The van der Waals surface area contributed by atoms with E-state index in [9.17, 15) is 0 Å². The Kier molecular flexibility index (Phi) is 20.7. The molecule has 2 atom stereocenters. The number of rotatable bonds is 2. The van der Waals surface area contributed by atoms with Gasteiger partial charge in [0.2, 0.25) is 0 Å². The first kappa shape index (κ1) is 17.5. The van der Waals surface area contributed by atoms with E-state index in [0.717, 1.165) is 0 Å². The average molecular weight is 206 g/mol. The van der Waals surface area contributed by atoms with Crippen LogP contribution in [-0.2, 0) is 16.5 Å². The van der Waals surface area contributed by atoms with Gasteiger partial charge in [0.25, 0.3) is 0 Å². The average Bonchev–Trinajstić information content (AvgIpc) is 1.62. The molecule has 0 aliphatic heterocycles. The first-order valence-corrected chi connectivity index (χ1v) is 3.64. The second-order valence-corrected chi connectivity index (χ2v) is 2.51. The van der Waals surface area contributed by atoms with E-state index in [1.807, 2.05) is 20.3 Å². The van der Waals surface area contributed by atoms with Crippen molar-refractivity contribution in [1.29, 1.82) is 0 Å². The van der Waals surface area contributed by atoms with Gasteiger partial charge in [0.05, 0.1) is 12.2 Å². The summed E-state index contributed by atoms with van der Waals surface area (Å²) in [5, 5.41) is 17.1. The fraction of sp³-hybridized carbons (Fsp3) is 0.875. The smallest absolute Gasteiger partial charge is 0.0536 e. The topological polar surface area (TPSA) is 40.5 Å². The molecule has 0 saturated carbocycles. The number of hydrogen-bond donors (Lipinski definition) is 2. The molecule has 0 aromatic carbocycles. The van der Waals surface area contributed by atoms with Gasteiger partial charge in [-0.1, -0.05) is 0 Å². The Bertz CT molecular complexity index is 50.1. The molecule has 0 bridgehead atoms. The molecule has 0 aromatic rings. The van der Waals surface area contributed by atoms with Gasteiger partial charge in [-0.2, -0.15) is 13.8 Å². The maximum absolute atomic E-state index is 8.56. The summed E-state index contributed by atoms with van der Waals surface area (Å²) in [4.78, 5) is 0. The molecule has 0 aliphatic rings.